The van der Waals surface area contributed by atoms with Crippen LogP contribution in [-0.4, -0.2) is 6.10 Å². The first-order valence-electron chi connectivity index (χ1n) is 5.69. The van der Waals surface area contributed by atoms with Gasteiger partial charge in [-0.2, -0.15) is 0 Å². The first kappa shape index (κ1) is 10.3. The zero-order valence-electron chi connectivity index (χ0n) is 9.33. The van der Waals surface area contributed by atoms with Crippen molar-refractivity contribution >= 4 is 6.08 Å². The van der Waals surface area contributed by atoms with Gasteiger partial charge in [-0.15, -0.1) is 0 Å². The van der Waals surface area contributed by atoms with Crippen molar-refractivity contribution in [3.05, 3.63) is 35.9 Å². The largest absolute Gasteiger partial charge is 0.490 e. The summed E-state index contributed by atoms with van der Waals surface area (Å²) >= 11 is 0. The van der Waals surface area contributed by atoms with Gasteiger partial charge in [0.2, 0.25) is 0 Å². The Morgan fingerprint density at radius 3 is 2.67 bits per heavy atom. The van der Waals surface area contributed by atoms with Gasteiger partial charge in [-0.1, -0.05) is 18.7 Å². The average molecular weight is 202 g/mol. The SMILES string of the molecule is C=Cc1ccc(OC2CCCC2)cc1C. The molecule has 0 aliphatic heterocycles. The van der Waals surface area contributed by atoms with E-state index < -0.39 is 0 Å². The highest BCUT2D eigenvalue weighted by atomic mass is 16.5. The van der Waals surface area contributed by atoms with Crippen molar-refractivity contribution < 1.29 is 4.74 Å². The smallest absolute Gasteiger partial charge is 0.120 e. The molecule has 2 rings (SSSR count). The molecule has 0 aromatic heterocycles. The Morgan fingerprint density at radius 1 is 1.33 bits per heavy atom. The molecule has 80 valence electrons. The van der Waals surface area contributed by atoms with Crippen molar-refractivity contribution in [2.45, 2.75) is 38.7 Å². The van der Waals surface area contributed by atoms with Crippen LogP contribution in [0.25, 0.3) is 6.08 Å². The fraction of sp³-hybridized carbons (Fsp3) is 0.429. The molecule has 0 radical (unpaired) electrons. The number of benzene rings is 1. The average Bonchev–Trinajstić information content (AvgIpc) is 2.71. The van der Waals surface area contributed by atoms with E-state index in [2.05, 4.69) is 25.6 Å². The van der Waals surface area contributed by atoms with Gasteiger partial charge in [0, 0.05) is 0 Å². The van der Waals surface area contributed by atoms with E-state index in [4.69, 9.17) is 4.74 Å². The van der Waals surface area contributed by atoms with Crippen molar-refractivity contribution in [3.8, 4) is 5.75 Å². The minimum Gasteiger partial charge on any atom is -0.490 e. The monoisotopic (exact) mass is 202 g/mol. The normalized spacial score (nSPS) is 16.6. The number of hydrogen-bond donors (Lipinski definition) is 0. The molecule has 1 aliphatic rings. The zero-order valence-corrected chi connectivity index (χ0v) is 9.33. The van der Waals surface area contributed by atoms with Crippen molar-refractivity contribution in [1.29, 1.82) is 0 Å². The van der Waals surface area contributed by atoms with Crippen LogP contribution in [0, 0.1) is 6.92 Å². The molecule has 1 aliphatic carbocycles. The topological polar surface area (TPSA) is 9.23 Å². The molecule has 0 amide bonds. The third kappa shape index (κ3) is 2.41. The maximum Gasteiger partial charge on any atom is 0.120 e. The van der Waals surface area contributed by atoms with Gasteiger partial charge in [0.25, 0.3) is 0 Å². The molecule has 1 saturated carbocycles. The first-order valence-corrected chi connectivity index (χ1v) is 5.69. The predicted octanol–water partition coefficient (Wildman–Crippen LogP) is 3.96. The van der Waals surface area contributed by atoms with Crippen LogP contribution in [-0.2, 0) is 0 Å². The molecule has 1 aromatic carbocycles. The third-order valence-electron chi connectivity index (χ3n) is 3.07. The maximum atomic E-state index is 5.92. The van der Waals surface area contributed by atoms with Gasteiger partial charge in [-0.05, 0) is 55.9 Å². The van der Waals surface area contributed by atoms with Gasteiger partial charge >= 0.3 is 0 Å². The number of hydrogen-bond acceptors (Lipinski definition) is 1. The molecule has 0 spiro atoms. The van der Waals surface area contributed by atoms with Crippen LogP contribution in [0.4, 0.5) is 0 Å². The lowest BCUT2D eigenvalue weighted by molar-refractivity contribution is 0.210. The molecule has 0 atom stereocenters. The van der Waals surface area contributed by atoms with Gasteiger partial charge in [-0.3, -0.25) is 0 Å². The summed E-state index contributed by atoms with van der Waals surface area (Å²) in [7, 11) is 0. The predicted molar refractivity (Wildman–Crippen MR) is 64.2 cm³/mol. The zero-order chi connectivity index (χ0) is 10.7. The highest BCUT2D eigenvalue weighted by molar-refractivity contribution is 5.53. The minimum absolute atomic E-state index is 0.444. The fourth-order valence-corrected chi connectivity index (χ4v) is 2.15. The van der Waals surface area contributed by atoms with E-state index in [-0.39, 0.29) is 0 Å². The minimum atomic E-state index is 0.444. The molecule has 1 fully saturated rings. The summed E-state index contributed by atoms with van der Waals surface area (Å²) in [6.45, 7) is 5.88. The quantitative estimate of drug-likeness (QED) is 0.721. The van der Waals surface area contributed by atoms with Crippen LogP contribution in [0.2, 0.25) is 0 Å². The highest BCUT2D eigenvalue weighted by Crippen LogP contribution is 2.25. The first-order chi connectivity index (χ1) is 7.29. The summed E-state index contributed by atoms with van der Waals surface area (Å²) < 4.78 is 5.92. The summed E-state index contributed by atoms with van der Waals surface area (Å²) in [6, 6.07) is 6.23. The Bertz CT molecular complexity index is 348. The van der Waals surface area contributed by atoms with Gasteiger partial charge in [0.1, 0.15) is 5.75 Å². The summed E-state index contributed by atoms with van der Waals surface area (Å²) in [5, 5.41) is 0. The molecular weight excluding hydrogens is 184 g/mol. The Labute approximate surface area is 91.8 Å². The van der Waals surface area contributed by atoms with E-state index in [1.54, 1.807) is 0 Å². The second kappa shape index (κ2) is 4.52. The molecule has 0 N–H and O–H groups in total. The molecule has 1 heteroatoms. The molecule has 0 unspecified atom stereocenters. The molecule has 0 heterocycles. The van der Waals surface area contributed by atoms with E-state index in [0.29, 0.717) is 6.10 Å². The number of rotatable bonds is 3. The van der Waals surface area contributed by atoms with Crippen molar-refractivity contribution in [2.75, 3.05) is 0 Å². The lowest BCUT2D eigenvalue weighted by Gasteiger charge is -2.14. The van der Waals surface area contributed by atoms with E-state index in [1.807, 2.05) is 12.1 Å². The molecule has 0 bridgehead atoms. The molecule has 1 aromatic rings. The van der Waals surface area contributed by atoms with E-state index in [9.17, 15) is 0 Å². The maximum absolute atomic E-state index is 5.92. The summed E-state index contributed by atoms with van der Waals surface area (Å²) in [5.74, 6) is 1.00. The summed E-state index contributed by atoms with van der Waals surface area (Å²) in [4.78, 5) is 0. The second-order valence-electron chi connectivity index (χ2n) is 4.25. The Kier molecular flexibility index (Phi) is 3.10. The van der Waals surface area contributed by atoms with Crippen molar-refractivity contribution in [2.24, 2.45) is 0 Å². The third-order valence-corrected chi connectivity index (χ3v) is 3.07. The number of aryl methyl sites for hydroxylation is 1. The van der Waals surface area contributed by atoms with Gasteiger partial charge in [0.15, 0.2) is 0 Å². The van der Waals surface area contributed by atoms with Crippen LogP contribution < -0.4 is 4.74 Å². The lowest BCUT2D eigenvalue weighted by atomic mass is 10.1. The molecule has 15 heavy (non-hydrogen) atoms. The van der Waals surface area contributed by atoms with Crippen LogP contribution in [0.3, 0.4) is 0 Å². The van der Waals surface area contributed by atoms with Gasteiger partial charge in [-0.25, -0.2) is 0 Å². The molecule has 1 nitrogen and oxygen atoms in total. The van der Waals surface area contributed by atoms with Crippen LogP contribution >= 0.6 is 0 Å². The van der Waals surface area contributed by atoms with Crippen LogP contribution in [0.5, 0.6) is 5.75 Å². The van der Waals surface area contributed by atoms with Gasteiger partial charge < -0.3 is 4.74 Å². The Balaban J connectivity index is 2.08. The van der Waals surface area contributed by atoms with Gasteiger partial charge in [0.05, 0.1) is 6.10 Å². The lowest BCUT2D eigenvalue weighted by Crippen LogP contribution is -2.10. The van der Waals surface area contributed by atoms with E-state index in [1.165, 1.54) is 36.8 Å². The van der Waals surface area contributed by atoms with E-state index >= 15 is 0 Å². The molecule has 0 saturated heterocycles. The Hall–Kier alpha value is -1.24. The van der Waals surface area contributed by atoms with Crippen molar-refractivity contribution in [1.82, 2.24) is 0 Å². The highest BCUT2D eigenvalue weighted by Gasteiger charge is 2.16. The Morgan fingerprint density at radius 2 is 2.07 bits per heavy atom. The van der Waals surface area contributed by atoms with Crippen LogP contribution in [0.1, 0.15) is 36.8 Å². The van der Waals surface area contributed by atoms with E-state index in [0.717, 1.165) is 5.75 Å². The van der Waals surface area contributed by atoms with Crippen molar-refractivity contribution in [3.63, 3.8) is 0 Å². The van der Waals surface area contributed by atoms with Crippen LogP contribution in [0.15, 0.2) is 24.8 Å². The number of ether oxygens (including phenoxy) is 1. The standard InChI is InChI=1S/C14H18O/c1-3-12-8-9-14(10-11(12)2)15-13-6-4-5-7-13/h3,8-10,13H,1,4-7H2,2H3. The summed E-state index contributed by atoms with van der Waals surface area (Å²) in [6.07, 6.45) is 7.38. The fourth-order valence-electron chi connectivity index (χ4n) is 2.15. The molecular formula is C14H18O. The summed E-state index contributed by atoms with van der Waals surface area (Å²) in [5.41, 5.74) is 2.43. The second-order valence-corrected chi connectivity index (χ2v) is 4.25.